The second kappa shape index (κ2) is 12.2. The van der Waals surface area contributed by atoms with Gasteiger partial charge in [-0.1, -0.05) is 36.4 Å². The summed E-state index contributed by atoms with van der Waals surface area (Å²) in [6.45, 7) is 0. The van der Waals surface area contributed by atoms with Gasteiger partial charge in [0.2, 0.25) is 0 Å². The number of nitrogen functional groups attached to an aromatic ring is 1. The van der Waals surface area contributed by atoms with Crippen molar-refractivity contribution < 1.29 is 52.6 Å². The zero-order valence-corrected chi connectivity index (χ0v) is 26.9. The zero-order chi connectivity index (χ0) is 37.1. The molecule has 0 atom stereocenters. The lowest BCUT2D eigenvalue weighted by Crippen LogP contribution is -2.41. The number of ether oxygens (including phenoxy) is 3. The summed E-state index contributed by atoms with van der Waals surface area (Å²) in [7, 11) is 0. The van der Waals surface area contributed by atoms with Gasteiger partial charge in [0.1, 0.15) is 0 Å². The van der Waals surface area contributed by atoms with Gasteiger partial charge in [-0.05, 0) is 72.8 Å². The van der Waals surface area contributed by atoms with E-state index in [1.165, 1.54) is 48.5 Å². The van der Waals surface area contributed by atoms with Crippen molar-refractivity contribution in [3.8, 4) is 0 Å². The van der Waals surface area contributed by atoms with E-state index in [0.29, 0.717) is 16.5 Å². The van der Waals surface area contributed by atoms with Gasteiger partial charge in [0.15, 0.2) is 0 Å². The summed E-state index contributed by atoms with van der Waals surface area (Å²) in [5.74, 6) is -5.73. The second-order valence-electron chi connectivity index (χ2n) is 11.9. The number of rotatable bonds is 1. The van der Waals surface area contributed by atoms with Crippen LogP contribution in [0.15, 0.2) is 109 Å². The van der Waals surface area contributed by atoms with E-state index in [2.05, 4.69) is 9.47 Å². The van der Waals surface area contributed by atoms with E-state index in [1.807, 2.05) is 30.3 Å². The molecule has 13 heteroatoms. The molecule has 0 saturated heterocycles. The van der Waals surface area contributed by atoms with Gasteiger partial charge in [-0.15, -0.1) is 0 Å². The third kappa shape index (κ3) is 5.10. The lowest BCUT2D eigenvalue weighted by Gasteiger charge is -2.29. The van der Waals surface area contributed by atoms with Crippen LogP contribution in [0, 0.1) is 0 Å². The summed E-state index contributed by atoms with van der Waals surface area (Å²) in [6.07, 6.45) is 0. The smallest absolute Gasteiger partial charge is 0.346 e. The number of hydrogen-bond donors (Lipinski definition) is 1. The predicted octanol–water partition coefficient (Wildman–Crippen LogP) is 5.68. The summed E-state index contributed by atoms with van der Waals surface area (Å²) < 4.78 is 13.9. The topological polar surface area (TPSA) is 194 Å². The summed E-state index contributed by atoms with van der Waals surface area (Å²) >= 11 is 0. The van der Waals surface area contributed by atoms with Gasteiger partial charge in [-0.3, -0.25) is 9.59 Å². The first-order valence-electron chi connectivity index (χ1n) is 15.8. The maximum absolute atomic E-state index is 13.0. The number of imide groups is 1. The number of benzene rings is 6. The van der Waals surface area contributed by atoms with Gasteiger partial charge in [0.25, 0.3) is 11.8 Å². The van der Waals surface area contributed by atoms with Gasteiger partial charge in [0.05, 0.1) is 39.1 Å². The molecule has 4 aliphatic rings. The highest BCUT2D eigenvalue weighted by molar-refractivity contribution is 6.38. The number of cyclic esters (lactones) is 6. The maximum Gasteiger partial charge on any atom is 0.346 e. The highest BCUT2D eigenvalue weighted by Crippen LogP contribution is 2.39. The number of hydrogen-bond acceptors (Lipinski definition) is 12. The largest absolute Gasteiger partial charge is 0.399 e. The van der Waals surface area contributed by atoms with Gasteiger partial charge in [-0.25, -0.2) is 33.7 Å². The molecule has 2 amide bonds. The van der Waals surface area contributed by atoms with Crippen LogP contribution in [0.5, 0.6) is 0 Å². The van der Waals surface area contributed by atoms with Crippen molar-refractivity contribution in [3.05, 3.63) is 154 Å². The fraction of sp³-hybridized carbons (Fsp3) is 0. The molecule has 6 aromatic rings. The summed E-state index contributed by atoms with van der Waals surface area (Å²) in [4.78, 5) is 98.1. The minimum Gasteiger partial charge on any atom is -0.399 e. The van der Waals surface area contributed by atoms with E-state index in [4.69, 9.17) is 10.5 Å². The average molecular weight is 705 g/mol. The minimum atomic E-state index is -0.794. The molecular formula is C40H20N2O11. The Labute approximate surface area is 297 Å². The van der Waals surface area contributed by atoms with E-state index in [1.54, 1.807) is 30.3 Å². The molecule has 0 fully saturated rings. The quantitative estimate of drug-likeness (QED) is 0.0725. The Kier molecular flexibility index (Phi) is 7.46. The van der Waals surface area contributed by atoms with Gasteiger partial charge in [0, 0.05) is 38.4 Å². The first-order chi connectivity index (χ1) is 25.5. The minimum absolute atomic E-state index is 0.155. The van der Waals surface area contributed by atoms with E-state index >= 15 is 0 Å². The van der Waals surface area contributed by atoms with Crippen molar-refractivity contribution >= 4 is 80.5 Å². The van der Waals surface area contributed by atoms with Crippen LogP contribution in [0.2, 0.25) is 0 Å². The number of para-hydroxylation sites is 2. The molecule has 2 N–H and O–H groups in total. The highest BCUT2D eigenvalue weighted by atomic mass is 16.6. The second-order valence-corrected chi connectivity index (χ2v) is 11.9. The molecule has 0 aromatic heterocycles. The van der Waals surface area contributed by atoms with Crippen LogP contribution in [0.3, 0.4) is 0 Å². The highest BCUT2D eigenvalue weighted by Gasteiger charge is 2.39. The molecular weight excluding hydrogens is 684 g/mol. The number of nitrogens with two attached hydrogens (primary N) is 1. The van der Waals surface area contributed by atoms with Crippen molar-refractivity contribution in [1.82, 2.24) is 0 Å². The standard InChI is InChI=1S/C20H9NO5.C14H4O6.C6H7N/c22-17-11-6-8-13-16-14(20(25)26-19(13)24)9-7-12(15(11)16)18(23)21(17)10-4-2-1-3-5-10;15-11-5-1-2-6-10-8(14(18)20-12(6)16)4-3-7(9(5)10)13(17)19-11;7-6-4-2-1-3-5-6/h1-9H;1-4H;1-5H,7H2. The van der Waals surface area contributed by atoms with Crippen molar-refractivity contribution in [2.75, 3.05) is 10.6 Å². The lowest BCUT2D eigenvalue weighted by molar-refractivity contribution is 0.0366. The van der Waals surface area contributed by atoms with Crippen LogP contribution in [0.4, 0.5) is 11.4 Å². The monoisotopic (exact) mass is 704 g/mol. The van der Waals surface area contributed by atoms with Gasteiger partial charge >= 0.3 is 35.8 Å². The summed E-state index contributed by atoms with van der Waals surface area (Å²) in [5.41, 5.74) is 8.15. The molecule has 4 heterocycles. The molecule has 0 saturated carbocycles. The number of carbonyl (C=O) groups excluding carboxylic acids is 8. The van der Waals surface area contributed by atoms with Crippen LogP contribution >= 0.6 is 0 Å². The Bertz CT molecular complexity index is 2500. The van der Waals surface area contributed by atoms with Crippen molar-refractivity contribution in [1.29, 1.82) is 0 Å². The third-order valence-electron chi connectivity index (χ3n) is 8.88. The Hall–Kier alpha value is -7.80. The normalized spacial score (nSPS) is 14.8. The molecule has 53 heavy (non-hydrogen) atoms. The average Bonchev–Trinajstić information content (AvgIpc) is 3.15. The summed E-state index contributed by atoms with van der Waals surface area (Å²) in [6, 6.07) is 29.5. The third-order valence-corrected chi connectivity index (χ3v) is 8.88. The van der Waals surface area contributed by atoms with Crippen molar-refractivity contribution in [2.45, 2.75) is 0 Å². The maximum atomic E-state index is 13.0. The summed E-state index contributed by atoms with van der Waals surface area (Å²) in [5, 5.41) is 1.17. The molecule has 0 spiro atoms. The number of carbonyl (C=O) groups is 8. The number of anilines is 2. The Morgan fingerprint density at radius 2 is 0.604 bits per heavy atom. The Morgan fingerprint density at radius 3 is 0.887 bits per heavy atom. The van der Waals surface area contributed by atoms with Crippen LogP contribution < -0.4 is 10.6 Å². The van der Waals surface area contributed by atoms with Gasteiger partial charge < -0.3 is 19.9 Å². The first-order valence-corrected chi connectivity index (χ1v) is 15.8. The number of nitrogens with zero attached hydrogens (tertiary/aromatic N) is 1. The van der Waals surface area contributed by atoms with E-state index < -0.39 is 47.6 Å². The lowest BCUT2D eigenvalue weighted by atomic mass is 9.87. The van der Waals surface area contributed by atoms with E-state index in [0.717, 1.165) is 10.6 Å². The molecule has 4 aliphatic heterocycles. The zero-order valence-electron chi connectivity index (χ0n) is 26.9. The SMILES string of the molecule is Nc1ccccc1.O=C1OC(=O)c2ccc3c4c(ccc1c24)C(=O)N(c1ccccc1)C3=O.O=C1OC(=O)c2ccc3c4c(ccc1c24)C(=O)OC3=O. The molecule has 0 radical (unpaired) electrons. The molecule has 0 unspecified atom stereocenters. The van der Waals surface area contributed by atoms with Crippen molar-refractivity contribution in [3.63, 3.8) is 0 Å². The van der Waals surface area contributed by atoms with Crippen LogP contribution in [-0.4, -0.2) is 47.6 Å². The van der Waals surface area contributed by atoms with Crippen molar-refractivity contribution in [2.24, 2.45) is 0 Å². The fourth-order valence-corrected chi connectivity index (χ4v) is 6.55. The Morgan fingerprint density at radius 1 is 0.340 bits per heavy atom. The molecule has 6 aromatic carbocycles. The Balaban J connectivity index is 0.000000131. The molecule has 10 rings (SSSR count). The van der Waals surface area contributed by atoms with E-state index in [-0.39, 0.29) is 55.3 Å². The first kappa shape index (κ1) is 32.4. The van der Waals surface area contributed by atoms with Crippen LogP contribution in [0.1, 0.15) is 82.9 Å². The van der Waals surface area contributed by atoms with E-state index in [9.17, 15) is 38.4 Å². The van der Waals surface area contributed by atoms with Crippen LogP contribution in [0.25, 0.3) is 21.5 Å². The number of esters is 6. The van der Waals surface area contributed by atoms with Crippen LogP contribution in [-0.2, 0) is 14.2 Å². The molecule has 13 nitrogen and oxygen atoms in total. The van der Waals surface area contributed by atoms with Gasteiger partial charge in [-0.2, -0.15) is 0 Å². The molecule has 0 bridgehead atoms. The molecule has 0 aliphatic carbocycles. The predicted molar refractivity (Wildman–Crippen MR) is 186 cm³/mol. The molecule has 256 valence electrons. The fourth-order valence-electron chi connectivity index (χ4n) is 6.55. The number of amides is 2.